The van der Waals surface area contributed by atoms with E-state index in [1.165, 1.54) is 31.2 Å². The van der Waals surface area contributed by atoms with E-state index in [1.807, 2.05) is 31.2 Å². The second kappa shape index (κ2) is 5.08. The predicted molar refractivity (Wildman–Crippen MR) is 75.9 cm³/mol. The number of carbonyl (C=O) groups excluding carboxylic acids is 1. The van der Waals surface area contributed by atoms with Crippen LogP contribution in [0.5, 0.6) is 0 Å². The Balaban J connectivity index is 1.72. The Labute approximate surface area is 114 Å². The maximum absolute atomic E-state index is 12.2. The Bertz CT molecular complexity index is 488. The van der Waals surface area contributed by atoms with E-state index in [0.29, 0.717) is 12.1 Å². The van der Waals surface area contributed by atoms with Crippen molar-refractivity contribution in [3.8, 4) is 0 Å². The van der Waals surface area contributed by atoms with Crippen molar-refractivity contribution in [1.29, 1.82) is 0 Å². The van der Waals surface area contributed by atoms with Gasteiger partial charge >= 0.3 is 0 Å². The summed E-state index contributed by atoms with van der Waals surface area (Å²) in [4.78, 5) is 12.2. The van der Waals surface area contributed by atoms with Gasteiger partial charge in [-0.2, -0.15) is 0 Å². The smallest absolute Gasteiger partial charge is 0.189 e. The maximum Gasteiger partial charge on any atom is 0.189 e. The van der Waals surface area contributed by atoms with Gasteiger partial charge in [0.05, 0.1) is 0 Å². The number of fused-ring (bicyclic) bond motifs is 1. The Morgan fingerprint density at radius 3 is 2.26 bits per heavy atom. The fraction of sp³-hybridized carbons (Fsp3) is 0.438. The van der Waals surface area contributed by atoms with E-state index in [2.05, 4.69) is 10.6 Å². The minimum atomic E-state index is 0.0636. The third-order valence-electron chi connectivity index (χ3n) is 4.06. The van der Waals surface area contributed by atoms with Gasteiger partial charge in [0.1, 0.15) is 5.82 Å². The molecule has 100 valence electrons. The van der Waals surface area contributed by atoms with Crippen LogP contribution < -0.4 is 10.6 Å². The van der Waals surface area contributed by atoms with Gasteiger partial charge in [0.15, 0.2) is 5.78 Å². The summed E-state index contributed by atoms with van der Waals surface area (Å²) in [6.45, 7) is 2.03. The second-order valence-electron chi connectivity index (χ2n) is 5.57. The lowest BCUT2D eigenvalue weighted by molar-refractivity contribution is 0.104. The lowest BCUT2D eigenvalue weighted by atomic mass is 9.92. The van der Waals surface area contributed by atoms with E-state index in [9.17, 15) is 4.79 Å². The van der Waals surface area contributed by atoms with Crippen LogP contribution in [0, 0.1) is 6.92 Å². The number of benzene rings is 1. The van der Waals surface area contributed by atoms with Crippen molar-refractivity contribution in [2.75, 3.05) is 0 Å². The van der Waals surface area contributed by atoms with Gasteiger partial charge in [0.2, 0.25) is 0 Å². The largest absolute Gasteiger partial charge is 0.367 e. The Morgan fingerprint density at radius 1 is 1.11 bits per heavy atom. The zero-order valence-electron chi connectivity index (χ0n) is 11.3. The molecular formula is C16H20N2O. The molecule has 0 unspecified atom stereocenters. The molecule has 2 atom stereocenters. The summed E-state index contributed by atoms with van der Waals surface area (Å²) in [6, 6.07) is 8.73. The molecule has 3 nitrogen and oxygen atoms in total. The summed E-state index contributed by atoms with van der Waals surface area (Å²) >= 11 is 0. The first-order valence-electron chi connectivity index (χ1n) is 7.08. The number of rotatable bonds is 2. The first-order chi connectivity index (χ1) is 9.22. The summed E-state index contributed by atoms with van der Waals surface area (Å²) in [5.41, 5.74) is 1.92. The fourth-order valence-electron chi connectivity index (χ4n) is 2.93. The summed E-state index contributed by atoms with van der Waals surface area (Å²) in [5, 5.41) is 6.87. The van der Waals surface area contributed by atoms with Gasteiger partial charge in [-0.15, -0.1) is 0 Å². The molecule has 0 amide bonds. The van der Waals surface area contributed by atoms with Crippen molar-refractivity contribution in [2.24, 2.45) is 0 Å². The molecule has 0 aromatic heterocycles. The minimum absolute atomic E-state index is 0.0636. The van der Waals surface area contributed by atoms with Crippen molar-refractivity contribution in [2.45, 2.75) is 44.7 Å². The quantitative estimate of drug-likeness (QED) is 0.631. The van der Waals surface area contributed by atoms with E-state index < -0.39 is 0 Å². The average molecular weight is 256 g/mol. The second-order valence-corrected chi connectivity index (χ2v) is 5.57. The van der Waals surface area contributed by atoms with Crippen LogP contribution in [-0.4, -0.2) is 17.9 Å². The molecule has 0 radical (unpaired) electrons. The molecule has 1 saturated heterocycles. The molecule has 2 fully saturated rings. The predicted octanol–water partition coefficient (Wildman–Crippen LogP) is 2.52. The third-order valence-corrected chi connectivity index (χ3v) is 4.06. The summed E-state index contributed by atoms with van der Waals surface area (Å²) in [7, 11) is 0. The zero-order chi connectivity index (χ0) is 13.2. The highest BCUT2D eigenvalue weighted by molar-refractivity contribution is 6.04. The standard InChI is InChI=1S/C16H20N2O/c1-11-6-8-12(9-7-11)15(19)10-16-17-13-4-2-3-5-14(13)18-16/h6-10,13-14,17-18H,2-5H2,1H3/t13-,14+. The van der Waals surface area contributed by atoms with E-state index in [-0.39, 0.29) is 5.78 Å². The fourth-order valence-corrected chi connectivity index (χ4v) is 2.93. The topological polar surface area (TPSA) is 41.1 Å². The molecule has 0 spiro atoms. The number of hydrogen-bond acceptors (Lipinski definition) is 3. The van der Waals surface area contributed by atoms with Gasteiger partial charge in [-0.05, 0) is 19.8 Å². The first-order valence-corrected chi connectivity index (χ1v) is 7.08. The Hall–Kier alpha value is -1.77. The number of aryl methyl sites for hydroxylation is 1. The molecule has 3 rings (SSSR count). The molecule has 1 aromatic rings. The highest BCUT2D eigenvalue weighted by Gasteiger charge is 2.31. The number of nitrogens with one attached hydrogen (secondary N) is 2. The third kappa shape index (κ3) is 2.65. The zero-order valence-corrected chi connectivity index (χ0v) is 11.3. The van der Waals surface area contributed by atoms with Crippen LogP contribution in [-0.2, 0) is 0 Å². The van der Waals surface area contributed by atoms with Crippen LogP contribution >= 0.6 is 0 Å². The molecule has 1 aliphatic carbocycles. The minimum Gasteiger partial charge on any atom is -0.367 e. The van der Waals surface area contributed by atoms with Gasteiger partial charge in [-0.25, -0.2) is 0 Å². The number of hydrogen-bond donors (Lipinski definition) is 2. The van der Waals surface area contributed by atoms with Crippen molar-refractivity contribution < 1.29 is 4.79 Å². The van der Waals surface area contributed by atoms with Crippen LogP contribution in [0.3, 0.4) is 0 Å². The van der Waals surface area contributed by atoms with Crippen LogP contribution in [0.25, 0.3) is 0 Å². The molecule has 2 N–H and O–H groups in total. The van der Waals surface area contributed by atoms with E-state index in [1.54, 1.807) is 6.08 Å². The highest BCUT2D eigenvalue weighted by Crippen LogP contribution is 2.23. The van der Waals surface area contributed by atoms with E-state index >= 15 is 0 Å². The van der Waals surface area contributed by atoms with Gasteiger partial charge in [0.25, 0.3) is 0 Å². The van der Waals surface area contributed by atoms with Crippen LogP contribution in [0.2, 0.25) is 0 Å². The van der Waals surface area contributed by atoms with Crippen molar-refractivity contribution in [3.05, 3.63) is 47.3 Å². The Kier molecular flexibility index (Phi) is 3.28. The molecule has 19 heavy (non-hydrogen) atoms. The lowest BCUT2D eigenvalue weighted by Gasteiger charge is -2.23. The molecule has 1 aromatic carbocycles. The normalized spacial score (nSPS) is 27.5. The maximum atomic E-state index is 12.2. The summed E-state index contributed by atoms with van der Waals surface area (Å²) in [6.07, 6.45) is 6.68. The lowest BCUT2D eigenvalue weighted by Crippen LogP contribution is -2.36. The molecule has 2 aliphatic rings. The van der Waals surface area contributed by atoms with E-state index in [0.717, 1.165) is 11.4 Å². The number of allylic oxidation sites excluding steroid dienone is 1. The first kappa shape index (κ1) is 12.3. The van der Waals surface area contributed by atoms with Crippen molar-refractivity contribution in [3.63, 3.8) is 0 Å². The van der Waals surface area contributed by atoms with E-state index in [4.69, 9.17) is 0 Å². The highest BCUT2D eigenvalue weighted by atomic mass is 16.1. The number of ketones is 1. The molecule has 0 bridgehead atoms. The summed E-state index contributed by atoms with van der Waals surface area (Å²) < 4.78 is 0. The van der Waals surface area contributed by atoms with Gasteiger partial charge in [0, 0.05) is 23.7 Å². The monoisotopic (exact) mass is 256 g/mol. The van der Waals surface area contributed by atoms with Gasteiger partial charge in [-0.3, -0.25) is 4.79 Å². The summed E-state index contributed by atoms with van der Waals surface area (Å²) in [5.74, 6) is 0.955. The molecule has 1 saturated carbocycles. The SMILES string of the molecule is Cc1ccc(C(=O)C=C2N[C@H]3CCCC[C@H]3N2)cc1. The van der Waals surface area contributed by atoms with Crippen LogP contribution in [0.15, 0.2) is 36.2 Å². The van der Waals surface area contributed by atoms with Crippen molar-refractivity contribution in [1.82, 2.24) is 10.6 Å². The molecular weight excluding hydrogens is 236 g/mol. The molecule has 1 aliphatic heterocycles. The van der Waals surface area contributed by atoms with Gasteiger partial charge < -0.3 is 10.6 Å². The molecule has 3 heteroatoms. The Morgan fingerprint density at radius 2 is 1.68 bits per heavy atom. The average Bonchev–Trinajstić information content (AvgIpc) is 2.81. The van der Waals surface area contributed by atoms with Crippen molar-refractivity contribution >= 4 is 5.78 Å². The molecule has 1 heterocycles. The number of carbonyl (C=O) groups is 1. The van der Waals surface area contributed by atoms with Gasteiger partial charge in [-0.1, -0.05) is 42.7 Å². The van der Waals surface area contributed by atoms with Crippen LogP contribution in [0.1, 0.15) is 41.6 Å². The van der Waals surface area contributed by atoms with Crippen LogP contribution in [0.4, 0.5) is 0 Å².